The number of piperidine rings is 1. The van der Waals surface area contributed by atoms with E-state index in [1.165, 1.54) is 6.26 Å². The molecule has 0 atom stereocenters. The fourth-order valence-electron chi connectivity index (χ4n) is 4.06. The van der Waals surface area contributed by atoms with Crippen molar-refractivity contribution in [3.8, 4) is 0 Å². The summed E-state index contributed by atoms with van der Waals surface area (Å²) in [4.78, 5) is 35.2. The van der Waals surface area contributed by atoms with Crippen LogP contribution in [0.4, 0.5) is 0 Å². The summed E-state index contributed by atoms with van der Waals surface area (Å²) >= 11 is 1.58. The van der Waals surface area contributed by atoms with Crippen LogP contribution in [0.5, 0.6) is 0 Å². The van der Waals surface area contributed by atoms with Gasteiger partial charge in [0, 0.05) is 30.4 Å². The number of hydrogen-bond donors (Lipinski definition) is 2. The SMILES string of the molecule is O=C(NC1CCN(C(=O)c2ccco2)CC1)c1ccccc1CSc1nc2ccccc2[nH]1. The van der Waals surface area contributed by atoms with Crippen molar-refractivity contribution >= 4 is 34.6 Å². The third kappa shape index (κ3) is 4.80. The standard InChI is InChI=1S/C25H24N4O3S/c30-23(26-18-11-13-29(14-12-18)24(31)22-10-5-15-32-22)19-7-2-1-6-17(19)16-33-25-27-20-8-3-4-9-21(20)28-25/h1-10,15,18H,11-14,16H2,(H,26,30)(H,27,28). The summed E-state index contributed by atoms with van der Waals surface area (Å²) in [6, 6.07) is 19.0. The Balaban J connectivity index is 1.19. The van der Waals surface area contributed by atoms with E-state index >= 15 is 0 Å². The normalized spacial score (nSPS) is 14.5. The number of fused-ring (bicyclic) bond motifs is 1. The maximum Gasteiger partial charge on any atom is 0.289 e. The smallest absolute Gasteiger partial charge is 0.289 e. The van der Waals surface area contributed by atoms with E-state index in [-0.39, 0.29) is 17.9 Å². The summed E-state index contributed by atoms with van der Waals surface area (Å²) < 4.78 is 5.21. The number of aromatic nitrogens is 2. The van der Waals surface area contributed by atoms with E-state index < -0.39 is 0 Å². The molecule has 0 bridgehead atoms. The number of carbonyl (C=O) groups excluding carboxylic acids is 2. The molecule has 2 amide bonds. The van der Waals surface area contributed by atoms with Gasteiger partial charge < -0.3 is 19.6 Å². The average molecular weight is 461 g/mol. The second-order valence-corrected chi connectivity index (χ2v) is 8.99. The molecule has 0 unspecified atom stereocenters. The Kier molecular flexibility index (Phi) is 6.17. The molecule has 0 aliphatic carbocycles. The zero-order valence-electron chi connectivity index (χ0n) is 18.0. The fraction of sp³-hybridized carbons (Fsp3) is 0.240. The number of nitrogens with zero attached hydrogens (tertiary/aromatic N) is 2. The summed E-state index contributed by atoms with van der Waals surface area (Å²) in [7, 11) is 0. The van der Waals surface area contributed by atoms with Gasteiger partial charge in [-0.2, -0.15) is 0 Å². The molecule has 33 heavy (non-hydrogen) atoms. The quantitative estimate of drug-likeness (QED) is 0.414. The van der Waals surface area contributed by atoms with Gasteiger partial charge in [0.2, 0.25) is 0 Å². The molecule has 5 rings (SSSR count). The highest BCUT2D eigenvalue weighted by Gasteiger charge is 2.26. The van der Waals surface area contributed by atoms with E-state index in [4.69, 9.17) is 4.42 Å². The summed E-state index contributed by atoms with van der Waals surface area (Å²) in [5.41, 5.74) is 3.58. The molecule has 1 aliphatic heterocycles. The molecule has 8 heteroatoms. The number of nitrogens with one attached hydrogen (secondary N) is 2. The Morgan fingerprint density at radius 1 is 1.06 bits per heavy atom. The van der Waals surface area contributed by atoms with Gasteiger partial charge in [-0.25, -0.2) is 4.98 Å². The molecule has 4 aromatic rings. The molecule has 0 saturated carbocycles. The number of carbonyl (C=O) groups is 2. The number of aromatic amines is 1. The number of benzene rings is 2. The number of furan rings is 1. The van der Waals surface area contributed by atoms with Crippen LogP contribution in [0.3, 0.4) is 0 Å². The van der Waals surface area contributed by atoms with Crippen molar-refractivity contribution in [3.05, 3.63) is 83.8 Å². The lowest BCUT2D eigenvalue weighted by atomic mass is 10.0. The molecule has 3 heterocycles. The van der Waals surface area contributed by atoms with Crippen molar-refractivity contribution < 1.29 is 14.0 Å². The monoisotopic (exact) mass is 460 g/mol. The molecular weight excluding hydrogens is 436 g/mol. The van der Waals surface area contributed by atoms with Gasteiger partial charge in [0.1, 0.15) is 0 Å². The minimum atomic E-state index is -0.0993. The van der Waals surface area contributed by atoms with Crippen LogP contribution in [0.25, 0.3) is 11.0 Å². The van der Waals surface area contributed by atoms with E-state index in [9.17, 15) is 9.59 Å². The van der Waals surface area contributed by atoms with Crippen LogP contribution in [0.15, 0.2) is 76.5 Å². The molecule has 0 spiro atoms. The molecule has 1 fully saturated rings. The summed E-state index contributed by atoms with van der Waals surface area (Å²) in [6.45, 7) is 1.18. The lowest BCUT2D eigenvalue weighted by Gasteiger charge is -2.32. The van der Waals surface area contributed by atoms with Crippen molar-refractivity contribution in [3.63, 3.8) is 0 Å². The fourth-order valence-corrected chi connectivity index (χ4v) is 4.95. The molecule has 0 radical (unpaired) electrons. The van der Waals surface area contributed by atoms with Gasteiger partial charge in [0.25, 0.3) is 11.8 Å². The predicted octanol–water partition coefficient (Wildman–Crippen LogP) is 4.48. The largest absolute Gasteiger partial charge is 0.459 e. The molecule has 2 N–H and O–H groups in total. The number of rotatable bonds is 6. The van der Waals surface area contributed by atoms with Crippen LogP contribution in [0.2, 0.25) is 0 Å². The van der Waals surface area contributed by atoms with Gasteiger partial charge in [-0.05, 0) is 48.7 Å². The Morgan fingerprint density at radius 3 is 2.64 bits per heavy atom. The maximum atomic E-state index is 13.0. The van der Waals surface area contributed by atoms with Gasteiger partial charge >= 0.3 is 0 Å². The molecule has 7 nitrogen and oxygen atoms in total. The highest BCUT2D eigenvalue weighted by Crippen LogP contribution is 2.25. The third-order valence-corrected chi connectivity index (χ3v) is 6.77. The Hall–Kier alpha value is -3.52. The molecule has 1 saturated heterocycles. The van der Waals surface area contributed by atoms with Gasteiger partial charge in [0.15, 0.2) is 10.9 Å². The predicted molar refractivity (Wildman–Crippen MR) is 127 cm³/mol. The average Bonchev–Trinajstić information content (AvgIpc) is 3.53. The summed E-state index contributed by atoms with van der Waals surface area (Å²) in [5.74, 6) is 0.817. The van der Waals surface area contributed by atoms with Crippen molar-refractivity contribution in [1.82, 2.24) is 20.2 Å². The number of amides is 2. The van der Waals surface area contributed by atoms with E-state index in [1.54, 1.807) is 28.8 Å². The zero-order chi connectivity index (χ0) is 22.6. The summed E-state index contributed by atoms with van der Waals surface area (Å²) in [6.07, 6.45) is 2.94. The molecule has 168 valence electrons. The van der Waals surface area contributed by atoms with Gasteiger partial charge in [-0.3, -0.25) is 9.59 Å². The Morgan fingerprint density at radius 2 is 1.85 bits per heavy atom. The summed E-state index contributed by atoms with van der Waals surface area (Å²) in [5, 5.41) is 3.99. The first kappa shape index (κ1) is 21.3. The first-order chi connectivity index (χ1) is 16.2. The highest BCUT2D eigenvalue weighted by molar-refractivity contribution is 7.98. The van der Waals surface area contributed by atoms with Crippen molar-refractivity contribution in [2.45, 2.75) is 29.8 Å². The Labute approximate surface area is 195 Å². The van der Waals surface area contributed by atoms with Crippen LogP contribution >= 0.6 is 11.8 Å². The zero-order valence-corrected chi connectivity index (χ0v) is 18.8. The number of thioether (sulfide) groups is 1. The van der Waals surface area contributed by atoms with Crippen LogP contribution in [0.1, 0.15) is 39.3 Å². The molecule has 2 aromatic carbocycles. The van der Waals surface area contributed by atoms with E-state index in [1.807, 2.05) is 48.5 Å². The van der Waals surface area contributed by atoms with E-state index in [0.717, 1.165) is 21.8 Å². The third-order valence-electron chi connectivity index (χ3n) is 5.84. The number of para-hydroxylation sites is 2. The van der Waals surface area contributed by atoms with Crippen molar-refractivity contribution in [2.75, 3.05) is 13.1 Å². The second-order valence-electron chi connectivity index (χ2n) is 8.02. The maximum absolute atomic E-state index is 13.0. The minimum Gasteiger partial charge on any atom is -0.459 e. The van der Waals surface area contributed by atoms with Gasteiger partial charge in [-0.1, -0.05) is 42.1 Å². The second kappa shape index (κ2) is 9.54. The highest BCUT2D eigenvalue weighted by atomic mass is 32.2. The topological polar surface area (TPSA) is 91.2 Å². The van der Waals surface area contributed by atoms with Crippen molar-refractivity contribution in [2.24, 2.45) is 0 Å². The lowest BCUT2D eigenvalue weighted by Crippen LogP contribution is -2.46. The number of hydrogen-bond acceptors (Lipinski definition) is 5. The van der Waals surface area contributed by atoms with Crippen LogP contribution in [-0.2, 0) is 5.75 Å². The lowest BCUT2D eigenvalue weighted by molar-refractivity contribution is 0.0667. The first-order valence-electron chi connectivity index (χ1n) is 11.0. The van der Waals surface area contributed by atoms with E-state index in [0.29, 0.717) is 43.0 Å². The number of imidazole rings is 1. The molecule has 2 aromatic heterocycles. The van der Waals surface area contributed by atoms with Gasteiger partial charge in [-0.15, -0.1) is 0 Å². The van der Waals surface area contributed by atoms with E-state index in [2.05, 4.69) is 15.3 Å². The van der Waals surface area contributed by atoms with Crippen LogP contribution in [0, 0.1) is 0 Å². The first-order valence-corrected chi connectivity index (χ1v) is 11.9. The van der Waals surface area contributed by atoms with Crippen LogP contribution in [-0.4, -0.2) is 45.8 Å². The van der Waals surface area contributed by atoms with Crippen molar-refractivity contribution in [1.29, 1.82) is 0 Å². The number of likely N-dealkylation sites (tertiary alicyclic amines) is 1. The Bertz CT molecular complexity index is 1230. The van der Waals surface area contributed by atoms with Crippen LogP contribution < -0.4 is 5.32 Å². The van der Waals surface area contributed by atoms with Gasteiger partial charge in [0.05, 0.1) is 17.3 Å². The minimum absolute atomic E-state index is 0.0363. The molecular formula is C25H24N4O3S. The number of H-pyrrole nitrogens is 1. The molecule has 1 aliphatic rings.